The molecule has 1 saturated heterocycles. The van der Waals surface area contributed by atoms with Crippen molar-refractivity contribution in [3.8, 4) is 5.75 Å². The van der Waals surface area contributed by atoms with Crippen LogP contribution in [0.2, 0.25) is 0 Å². The average molecular weight is 396 g/mol. The first-order valence-corrected chi connectivity index (χ1v) is 9.66. The molecule has 0 radical (unpaired) electrons. The summed E-state index contributed by atoms with van der Waals surface area (Å²) in [4.78, 5) is 38.1. The molecule has 1 fully saturated rings. The molecule has 0 unspecified atom stereocenters. The van der Waals surface area contributed by atoms with Gasteiger partial charge in [0.05, 0.1) is 6.61 Å². The molecule has 152 valence electrons. The summed E-state index contributed by atoms with van der Waals surface area (Å²) in [7, 11) is 0. The number of hydrogen-bond acceptors (Lipinski definition) is 5. The molecular weight excluding hydrogens is 372 g/mol. The minimum absolute atomic E-state index is 0.0483. The van der Waals surface area contributed by atoms with Gasteiger partial charge in [0.2, 0.25) is 0 Å². The van der Waals surface area contributed by atoms with E-state index in [1.807, 2.05) is 18.2 Å². The molecule has 1 aliphatic heterocycles. The summed E-state index contributed by atoms with van der Waals surface area (Å²) in [5.74, 6) is 0.149. The Kier molecular flexibility index (Phi) is 6.84. The first kappa shape index (κ1) is 20.4. The minimum Gasteiger partial charge on any atom is -0.434 e. The van der Waals surface area contributed by atoms with Gasteiger partial charge in [0.25, 0.3) is 11.8 Å². The van der Waals surface area contributed by atoms with Crippen LogP contribution in [0, 0.1) is 0 Å². The molecule has 0 saturated carbocycles. The van der Waals surface area contributed by atoms with E-state index in [1.165, 1.54) is 0 Å². The highest BCUT2D eigenvalue weighted by Gasteiger charge is 2.25. The van der Waals surface area contributed by atoms with Gasteiger partial charge in [0.1, 0.15) is 5.75 Å². The Bertz CT molecular complexity index is 843. The van der Waals surface area contributed by atoms with Crippen LogP contribution in [-0.4, -0.2) is 48.6 Å². The molecule has 1 heterocycles. The van der Waals surface area contributed by atoms with E-state index in [1.54, 1.807) is 48.2 Å². The van der Waals surface area contributed by atoms with Crippen LogP contribution in [0.25, 0.3) is 0 Å². The van der Waals surface area contributed by atoms with Gasteiger partial charge in [-0.3, -0.25) is 9.59 Å². The van der Waals surface area contributed by atoms with Crippen molar-refractivity contribution in [3.63, 3.8) is 0 Å². The Balaban J connectivity index is 1.49. The Morgan fingerprint density at radius 3 is 2.24 bits per heavy atom. The summed E-state index contributed by atoms with van der Waals surface area (Å²) in [6.45, 7) is 3.07. The van der Waals surface area contributed by atoms with Crippen LogP contribution in [0.5, 0.6) is 5.75 Å². The molecule has 0 bridgehead atoms. The topological polar surface area (TPSA) is 84.9 Å². The summed E-state index contributed by atoms with van der Waals surface area (Å²) in [5, 5.41) is 3.03. The smallest absolute Gasteiger partial charge is 0.434 e. The van der Waals surface area contributed by atoms with Gasteiger partial charge in [0.15, 0.2) is 0 Å². The Hall–Kier alpha value is -3.35. The number of hydrogen-bond donors (Lipinski definition) is 1. The van der Waals surface area contributed by atoms with Crippen molar-refractivity contribution in [2.75, 3.05) is 19.7 Å². The van der Waals surface area contributed by atoms with Gasteiger partial charge in [-0.1, -0.05) is 18.2 Å². The Morgan fingerprint density at radius 2 is 1.62 bits per heavy atom. The second-order valence-electron chi connectivity index (χ2n) is 6.72. The van der Waals surface area contributed by atoms with Crippen LogP contribution in [-0.2, 0) is 4.74 Å². The van der Waals surface area contributed by atoms with Crippen molar-refractivity contribution < 1.29 is 23.9 Å². The number of benzene rings is 2. The molecule has 1 N–H and O–H groups in total. The molecule has 7 heteroatoms. The Labute approximate surface area is 169 Å². The van der Waals surface area contributed by atoms with Crippen LogP contribution in [0.4, 0.5) is 4.79 Å². The molecule has 0 aromatic heterocycles. The molecule has 0 spiro atoms. The maximum atomic E-state index is 12.7. The zero-order valence-corrected chi connectivity index (χ0v) is 16.3. The van der Waals surface area contributed by atoms with E-state index in [4.69, 9.17) is 9.47 Å². The highest BCUT2D eigenvalue weighted by molar-refractivity contribution is 5.95. The Morgan fingerprint density at radius 1 is 0.966 bits per heavy atom. The van der Waals surface area contributed by atoms with E-state index in [9.17, 15) is 14.4 Å². The fourth-order valence-corrected chi connectivity index (χ4v) is 3.18. The second-order valence-corrected chi connectivity index (χ2v) is 6.72. The van der Waals surface area contributed by atoms with E-state index in [0.717, 1.165) is 0 Å². The quantitative estimate of drug-likeness (QED) is 0.619. The second kappa shape index (κ2) is 9.73. The van der Waals surface area contributed by atoms with E-state index in [2.05, 4.69) is 5.32 Å². The van der Waals surface area contributed by atoms with E-state index < -0.39 is 6.16 Å². The van der Waals surface area contributed by atoms with Crippen LogP contribution < -0.4 is 10.1 Å². The summed E-state index contributed by atoms with van der Waals surface area (Å²) < 4.78 is 9.71. The van der Waals surface area contributed by atoms with Gasteiger partial charge in [-0.25, -0.2) is 4.79 Å². The minimum atomic E-state index is -0.772. The predicted octanol–water partition coefficient (Wildman–Crippen LogP) is 3.26. The molecule has 2 aromatic rings. The molecule has 3 rings (SSSR count). The number of nitrogens with one attached hydrogen (secondary N) is 1. The maximum absolute atomic E-state index is 12.7. The zero-order valence-electron chi connectivity index (χ0n) is 16.3. The molecule has 0 atom stereocenters. The summed E-state index contributed by atoms with van der Waals surface area (Å²) in [5.41, 5.74) is 1.16. The lowest BCUT2D eigenvalue weighted by molar-refractivity contribution is 0.0698. The number of rotatable bonds is 5. The highest BCUT2D eigenvalue weighted by atomic mass is 16.7. The first-order chi connectivity index (χ1) is 14.1. The number of carbonyl (C=O) groups excluding carboxylic acids is 3. The van der Waals surface area contributed by atoms with Crippen molar-refractivity contribution in [1.29, 1.82) is 0 Å². The third kappa shape index (κ3) is 5.57. The van der Waals surface area contributed by atoms with Crippen LogP contribution in [0.15, 0.2) is 54.6 Å². The van der Waals surface area contributed by atoms with Crippen molar-refractivity contribution in [1.82, 2.24) is 10.2 Å². The molecule has 2 amide bonds. The monoisotopic (exact) mass is 396 g/mol. The van der Waals surface area contributed by atoms with Crippen LogP contribution in [0.1, 0.15) is 40.5 Å². The normalized spacial score (nSPS) is 14.2. The molecule has 29 heavy (non-hydrogen) atoms. The van der Waals surface area contributed by atoms with Gasteiger partial charge < -0.3 is 19.7 Å². The number of carbonyl (C=O) groups is 3. The number of amides is 2. The van der Waals surface area contributed by atoms with Crippen molar-refractivity contribution in [3.05, 3.63) is 65.7 Å². The zero-order chi connectivity index (χ0) is 20.6. The number of likely N-dealkylation sites (tertiary alicyclic amines) is 1. The van der Waals surface area contributed by atoms with Crippen LogP contribution in [0.3, 0.4) is 0 Å². The molecular formula is C22H24N2O5. The number of nitrogens with zero attached hydrogens (tertiary/aromatic N) is 1. The maximum Gasteiger partial charge on any atom is 0.513 e. The first-order valence-electron chi connectivity index (χ1n) is 9.66. The molecule has 0 aliphatic carbocycles. The largest absolute Gasteiger partial charge is 0.513 e. The van der Waals surface area contributed by atoms with Gasteiger partial charge >= 0.3 is 6.16 Å². The van der Waals surface area contributed by atoms with Gasteiger partial charge in [-0.05, 0) is 56.2 Å². The molecule has 1 aliphatic rings. The number of ether oxygens (including phenoxy) is 2. The van der Waals surface area contributed by atoms with E-state index >= 15 is 0 Å². The summed E-state index contributed by atoms with van der Waals surface area (Å²) in [6, 6.07) is 15.5. The van der Waals surface area contributed by atoms with Crippen molar-refractivity contribution >= 4 is 18.0 Å². The standard InChI is InChI=1S/C22H24N2O5/c1-2-28-22(27)29-19-10-8-17(9-11-19)21(26)24-14-12-18(13-15-24)23-20(25)16-6-4-3-5-7-16/h3-11,18H,2,12-15H2,1H3,(H,23,25). The van der Waals surface area contributed by atoms with Gasteiger partial charge in [-0.15, -0.1) is 0 Å². The van der Waals surface area contributed by atoms with E-state index in [0.29, 0.717) is 42.8 Å². The third-order valence-corrected chi connectivity index (χ3v) is 4.72. The van der Waals surface area contributed by atoms with E-state index in [-0.39, 0.29) is 24.5 Å². The molecule has 7 nitrogen and oxygen atoms in total. The predicted molar refractivity (Wildman–Crippen MR) is 107 cm³/mol. The summed E-state index contributed by atoms with van der Waals surface area (Å²) in [6.07, 6.45) is 0.633. The SMILES string of the molecule is CCOC(=O)Oc1ccc(C(=O)N2CCC(NC(=O)c3ccccc3)CC2)cc1. The summed E-state index contributed by atoms with van der Waals surface area (Å²) >= 11 is 0. The molecule has 2 aromatic carbocycles. The average Bonchev–Trinajstić information content (AvgIpc) is 2.75. The van der Waals surface area contributed by atoms with Gasteiger partial charge in [-0.2, -0.15) is 0 Å². The lowest BCUT2D eigenvalue weighted by Crippen LogP contribution is -2.46. The van der Waals surface area contributed by atoms with Crippen LogP contribution >= 0.6 is 0 Å². The number of piperidine rings is 1. The highest BCUT2D eigenvalue weighted by Crippen LogP contribution is 2.18. The van der Waals surface area contributed by atoms with Gasteiger partial charge in [0, 0.05) is 30.3 Å². The lowest BCUT2D eigenvalue weighted by Gasteiger charge is -2.32. The fraction of sp³-hybridized carbons (Fsp3) is 0.318. The third-order valence-electron chi connectivity index (χ3n) is 4.72. The fourth-order valence-electron chi connectivity index (χ4n) is 3.18. The lowest BCUT2D eigenvalue weighted by atomic mass is 10.0. The van der Waals surface area contributed by atoms with Crippen molar-refractivity contribution in [2.24, 2.45) is 0 Å². The van der Waals surface area contributed by atoms with Crippen molar-refractivity contribution in [2.45, 2.75) is 25.8 Å².